The van der Waals surface area contributed by atoms with Gasteiger partial charge in [0.25, 0.3) is 5.91 Å². The van der Waals surface area contributed by atoms with E-state index in [1.165, 1.54) is 18.1 Å². The van der Waals surface area contributed by atoms with Crippen LogP contribution in [-0.4, -0.2) is 49.0 Å². The van der Waals surface area contributed by atoms with Gasteiger partial charge in [0.1, 0.15) is 17.5 Å². The third-order valence-corrected chi connectivity index (χ3v) is 4.78. The highest BCUT2D eigenvalue weighted by Gasteiger charge is 2.46. The fourth-order valence-corrected chi connectivity index (χ4v) is 3.36. The number of urea groups is 1. The van der Waals surface area contributed by atoms with E-state index in [-0.39, 0.29) is 18.9 Å². The molecule has 2 aromatic carbocycles. The summed E-state index contributed by atoms with van der Waals surface area (Å²) in [5.74, 6) is 0.368. The minimum atomic E-state index is -0.931. The maximum atomic E-state index is 13.1. The van der Waals surface area contributed by atoms with E-state index in [0.29, 0.717) is 29.5 Å². The summed E-state index contributed by atoms with van der Waals surface area (Å²) in [4.78, 5) is 41.1. The van der Waals surface area contributed by atoms with E-state index in [4.69, 9.17) is 9.47 Å². The van der Waals surface area contributed by atoms with Gasteiger partial charge in [-0.05, 0) is 43.3 Å². The maximum Gasteiger partial charge on any atom is 0.332 e. The molecule has 3 rings (SSSR count). The van der Waals surface area contributed by atoms with Crippen LogP contribution >= 0.6 is 0 Å². The van der Waals surface area contributed by atoms with Gasteiger partial charge in [-0.2, -0.15) is 0 Å². The number of imide groups is 1. The van der Waals surface area contributed by atoms with E-state index in [9.17, 15) is 14.4 Å². The van der Waals surface area contributed by atoms with Crippen molar-refractivity contribution < 1.29 is 23.9 Å². The van der Waals surface area contributed by atoms with Crippen molar-refractivity contribution in [1.29, 1.82) is 0 Å². The highest BCUT2D eigenvalue weighted by atomic mass is 16.5. The number of methoxy groups -OCH3 is 1. The fraction of sp³-hybridized carbons (Fsp3) is 0.261. The number of carbonyl (C=O) groups is 3. The number of ether oxygens (including phenoxy) is 2. The van der Waals surface area contributed by atoms with Crippen LogP contribution in [-0.2, 0) is 9.59 Å². The van der Waals surface area contributed by atoms with Crippen LogP contribution in [0.5, 0.6) is 11.5 Å². The average Bonchev–Trinajstić information content (AvgIpc) is 2.99. The lowest BCUT2D eigenvalue weighted by molar-refractivity contribution is -0.124. The summed E-state index contributed by atoms with van der Waals surface area (Å²) in [6.45, 7) is 6.24. The number of hydrogen-bond donors (Lipinski definition) is 1. The second kappa shape index (κ2) is 9.80. The van der Waals surface area contributed by atoms with Crippen molar-refractivity contribution in [1.82, 2.24) is 4.90 Å². The molecule has 1 aliphatic rings. The number of carbonyl (C=O) groups excluding carboxylic acids is 3. The number of nitrogens with one attached hydrogen (secondary N) is 1. The largest absolute Gasteiger partial charge is 0.497 e. The van der Waals surface area contributed by atoms with Crippen LogP contribution in [0.3, 0.4) is 0 Å². The molecule has 0 aliphatic carbocycles. The lowest BCUT2D eigenvalue weighted by Crippen LogP contribution is -2.38. The van der Waals surface area contributed by atoms with Gasteiger partial charge in [-0.25, -0.2) is 9.69 Å². The Kier molecular flexibility index (Phi) is 6.92. The molecule has 2 aromatic rings. The number of amides is 4. The summed E-state index contributed by atoms with van der Waals surface area (Å²) in [6.07, 6.45) is 1.35. The van der Waals surface area contributed by atoms with Gasteiger partial charge in [0.15, 0.2) is 0 Å². The predicted molar refractivity (Wildman–Crippen MR) is 117 cm³/mol. The van der Waals surface area contributed by atoms with Crippen LogP contribution < -0.4 is 19.7 Å². The Morgan fingerprint density at radius 1 is 1.16 bits per heavy atom. The minimum Gasteiger partial charge on any atom is -0.497 e. The van der Waals surface area contributed by atoms with E-state index < -0.39 is 18.0 Å². The normalized spacial score (nSPS) is 15.7. The Labute approximate surface area is 181 Å². The first-order valence-electron chi connectivity index (χ1n) is 9.90. The quantitative estimate of drug-likeness (QED) is 0.493. The SMILES string of the molecule is C=CCN1C(=O)N(c2cccc(OC)c2)C(=O)[C@H]1CC(=O)Nc1ccc(OCC)cc1. The van der Waals surface area contributed by atoms with Gasteiger partial charge in [0, 0.05) is 18.3 Å². The van der Waals surface area contributed by atoms with Crippen LogP contribution in [0.1, 0.15) is 13.3 Å². The number of nitrogens with zero attached hydrogens (tertiary/aromatic N) is 2. The predicted octanol–water partition coefficient (Wildman–Crippen LogP) is 3.45. The molecule has 1 N–H and O–H groups in total. The minimum absolute atomic E-state index is 0.145. The number of benzene rings is 2. The zero-order chi connectivity index (χ0) is 22.4. The van der Waals surface area contributed by atoms with Crippen LogP contribution in [0.2, 0.25) is 0 Å². The first kappa shape index (κ1) is 21.9. The topological polar surface area (TPSA) is 88.2 Å². The van der Waals surface area contributed by atoms with Crippen molar-refractivity contribution in [2.45, 2.75) is 19.4 Å². The Hall–Kier alpha value is -3.81. The van der Waals surface area contributed by atoms with Crippen LogP contribution in [0, 0.1) is 0 Å². The molecule has 0 unspecified atom stereocenters. The summed E-state index contributed by atoms with van der Waals surface area (Å²) in [5, 5.41) is 2.76. The van der Waals surface area contributed by atoms with E-state index in [1.807, 2.05) is 6.92 Å². The van der Waals surface area contributed by atoms with Crippen molar-refractivity contribution in [2.24, 2.45) is 0 Å². The molecule has 8 heteroatoms. The van der Waals surface area contributed by atoms with Crippen molar-refractivity contribution in [2.75, 3.05) is 30.5 Å². The molecule has 0 bridgehead atoms. The van der Waals surface area contributed by atoms with Crippen LogP contribution in [0.15, 0.2) is 61.2 Å². The molecule has 0 radical (unpaired) electrons. The molecule has 0 spiro atoms. The molecule has 0 aromatic heterocycles. The summed E-state index contributed by atoms with van der Waals surface area (Å²) in [6, 6.07) is 12.2. The summed E-state index contributed by atoms with van der Waals surface area (Å²) < 4.78 is 10.6. The van der Waals surface area contributed by atoms with E-state index in [0.717, 1.165) is 4.90 Å². The molecule has 1 fully saturated rings. The molecule has 162 valence electrons. The summed E-state index contributed by atoms with van der Waals surface area (Å²) >= 11 is 0. The third kappa shape index (κ3) is 4.85. The molecule has 1 atom stereocenters. The maximum absolute atomic E-state index is 13.1. The fourth-order valence-electron chi connectivity index (χ4n) is 3.36. The third-order valence-electron chi connectivity index (χ3n) is 4.78. The Balaban J connectivity index is 1.76. The number of hydrogen-bond acceptors (Lipinski definition) is 5. The van der Waals surface area contributed by atoms with E-state index in [1.54, 1.807) is 48.5 Å². The van der Waals surface area contributed by atoms with Crippen LogP contribution in [0.25, 0.3) is 0 Å². The smallest absolute Gasteiger partial charge is 0.332 e. The molecule has 0 saturated carbocycles. The molecule has 4 amide bonds. The zero-order valence-corrected chi connectivity index (χ0v) is 17.5. The molecule has 31 heavy (non-hydrogen) atoms. The molecule has 1 aliphatic heterocycles. The van der Waals surface area contributed by atoms with Crippen molar-refractivity contribution in [3.8, 4) is 11.5 Å². The van der Waals surface area contributed by atoms with Gasteiger partial charge < -0.3 is 19.7 Å². The first-order valence-corrected chi connectivity index (χ1v) is 9.90. The standard InChI is InChI=1S/C23H25N3O5/c1-4-13-25-20(15-21(27)24-16-9-11-18(12-10-16)31-5-2)22(28)26(23(25)29)17-7-6-8-19(14-17)30-3/h4,6-12,14,20H,1,5,13,15H2,2-3H3,(H,24,27)/t20-/m1/s1. The lowest BCUT2D eigenvalue weighted by atomic mass is 10.1. The molecular formula is C23H25N3O5. The number of rotatable bonds is 9. The van der Waals surface area contributed by atoms with Gasteiger partial charge in [0.2, 0.25) is 5.91 Å². The Morgan fingerprint density at radius 2 is 1.90 bits per heavy atom. The van der Waals surface area contributed by atoms with Crippen molar-refractivity contribution in [3.63, 3.8) is 0 Å². The van der Waals surface area contributed by atoms with Gasteiger partial charge in [-0.1, -0.05) is 12.1 Å². The number of anilines is 2. The van der Waals surface area contributed by atoms with Crippen molar-refractivity contribution in [3.05, 3.63) is 61.2 Å². The second-order valence-corrected chi connectivity index (χ2v) is 6.82. The zero-order valence-electron chi connectivity index (χ0n) is 17.5. The average molecular weight is 423 g/mol. The highest BCUT2D eigenvalue weighted by molar-refractivity contribution is 6.22. The van der Waals surface area contributed by atoms with Gasteiger partial charge in [0.05, 0.1) is 25.8 Å². The second-order valence-electron chi connectivity index (χ2n) is 6.82. The van der Waals surface area contributed by atoms with Crippen LogP contribution in [0.4, 0.5) is 16.2 Å². The summed E-state index contributed by atoms with van der Waals surface area (Å²) in [7, 11) is 1.50. The van der Waals surface area contributed by atoms with Gasteiger partial charge >= 0.3 is 6.03 Å². The molecular weight excluding hydrogens is 398 g/mol. The lowest BCUT2D eigenvalue weighted by Gasteiger charge is -2.19. The highest BCUT2D eigenvalue weighted by Crippen LogP contribution is 2.29. The Bertz CT molecular complexity index is 973. The van der Waals surface area contributed by atoms with E-state index in [2.05, 4.69) is 11.9 Å². The molecule has 1 saturated heterocycles. The summed E-state index contributed by atoms with van der Waals surface area (Å²) in [5.41, 5.74) is 0.961. The van der Waals surface area contributed by atoms with E-state index >= 15 is 0 Å². The van der Waals surface area contributed by atoms with Crippen molar-refractivity contribution >= 4 is 29.2 Å². The van der Waals surface area contributed by atoms with Gasteiger partial charge in [-0.3, -0.25) is 9.59 Å². The van der Waals surface area contributed by atoms with Gasteiger partial charge in [-0.15, -0.1) is 6.58 Å². The Morgan fingerprint density at radius 3 is 2.55 bits per heavy atom. The molecule has 8 nitrogen and oxygen atoms in total. The monoisotopic (exact) mass is 423 g/mol. The first-order chi connectivity index (χ1) is 15.0. The molecule has 1 heterocycles.